The van der Waals surface area contributed by atoms with Crippen LogP contribution in [0, 0.1) is 5.41 Å². The van der Waals surface area contributed by atoms with Crippen molar-refractivity contribution in [3.8, 4) is 0 Å². The maximum Gasteiger partial charge on any atom is 0.0671 e. The number of hydrogen-bond acceptors (Lipinski definition) is 3. The van der Waals surface area contributed by atoms with E-state index in [1.807, 2.05) is 18.3 Å². The van der Waals surface area contributed by atoms with Crippen LogP contribution in [-0.4, -0.2) is 29.0 Å². The first-order chi connectivity index (χ1) is 7.99. The van der Waals surface area contributed by atoms with Gasteiger partial charge in [-0.2, -0.15) is 0 Å². The third-order valence-corrected chi connectivity index (χ3v) is 3.59. The van der Waals surface area contributed by atoms with Crippen molar-refractivity contribution in [2.75, 3.05) is 13.1 Å². The van der Waals surface area contributed by atoms with Gasteiger partial charge in [0.15, 0.2) is 0 Å². The van der Waals surface area contributed by atoms with E-state index in [0.717, 1.165) is 18.8 Å². The summed E-state index contributed by atoms with van der Waals surface area (Å²) in [6, 6.07) is 6.44. The van der Waals surface area contributed by atoms with Gasteiger partial charge in [-0.15, -0.1) is 0 Å². The van der Waals surface area contributed by atoms with Gasteiger partial charge in [0.2, 0.25) is 0 Å². The average molecular weight is 233 g/mol. The molecule has 2 heterocycles. The van der Waals surface area contributed by atoms with E-state index in [4.69, 9.17) is 5.73 Å². The van der Waals surface area contributed by atoms with Crippen molar-refractivity contribution >= 4 is 0 Å². The molecular formula is C14H23N3. The SMILES string of the molecule is CC(N)C(c1ccccn1)N1CCC(C)(C)C1. The van der Waals surface area contributed by atoms with Crippen molar-refractivity contribution < 1.29 is 0 Å². The fourth-order valence-electron chi connectivity index (χ4n) is 2.73. The molecule has 1 aliphatic rings. The molecule has 2 unspecified atom stereocenters. The highest BCUT2D eigenvalue weighted by molar-refractivity contribution is 5.12. The molecule has 0 aromatic carbocycles. The minimum Gasteiger partial charge on any atom is -0.326 e. The van der Waals surface area contributed by atoms with Crippen molar-refractivity contribution in [3.63, 3.8) is 0 Å². The Hall–Kier alpha value is -0.930. The monoisotopic (exact) mass is 233 g/mol. The second-order valence-electron chi connectivity index (χ2n) is 5.94. The molecule has 0 aliphatic carbocycles. The van der Waals surface area contributed by atoms with Crippen molar-refractivity contribution in [2.45, 2.75) is 39.3 Å². The number of aromatic nitrogens is 1. The first-order valence-corrected chi connectivity index (χ1v) is 6.40. The Labute approximate surface area is 104 Å². The number of hydrogen-bond donors (Lipinski definition) is 1. The van der Waals surface area contributed by atoms with Gasteiger partial charge in [-0.25, -0.2) is 0 Å². The first kappa shape index (κ1) is 12.5. The molecule has 2 N–H and O–H groups in total. The lowest BCUT2D eigenvalue weighted by atomic mass is 9.93. The molecule has 1 aliphatic heterocycles. The molecule has 0 radical (unpaired) electrons. The molecule has 1 aromatic heterocycles. The van der Waals surface area contributed by atoms with E-state index < -0.39 is 0 Å². The largest absolute Gasteiger partial charge is 0.326 e. The lowest BCUT2D eigenvalue weighted by Crippen LogP contribution is -2.39. The predicted molar refractivity (Wildman–Crippen MR) is 70.6 cm³/mol. The fourth-order valence-corrected chi connectivity index (χ4v) is 2.73. The van der Waals surface area contributed by atoms with Crippen molar-refractivity contribution in [1.29, 1.82) is 0 Å². The first-order valence-electron chi connectivity index (χ1n) is 6.40. The summed E-state index contributed by atoms with van der Waals surface area (Å²) >= 11 is 0. The Morgan fingerprint density at radius 1 is 1.41 bits per heavy atom. The fraction of sp³-hybridized carbons (Fsp3) is 0.643. The van der Waals surface area contributed by atoms with E-state index in [0.29, 0.717) is 5.41 Å². The zero-order valence-electron chi connectivity index (χ0n) is 11.1. The molecule has 17 heavy (non-hydrogen) atoms. The highest BCUT2D eigenvalue weighted by Crippen LogP contribution is 2.35. The molecule has 3 heteroatoms. The van der Waals surface area contributed by atoms with Crippen LogP contribution in [0.2, 0.25) is 0 Å². The summed E-state index contributed by atoms with van der Waals surface area (Å²) in [5.41, 5.74) is 7.66. The molecule has 0 spiro atoms. The summed E-state index contributed by atoms with van der Waals surface area (Å²) in [5, 5.41) is 0. The second-order valence-corrected chi connectivity index (χ2v) is 5.94. The Morgan fingerprint density at radius 2 is 2.18 bits per heavy atom. The smallest absolute Gasteiger partial charge is 0.0671 e. The molecule has 2 rings (SSSR count). The normalized spacial score (nSPS) is 23.5. The van der Waals surface area contributed by atoms with Crippen LogP contribution in [0.1, 0.15) is 38.9 Å². The molecule has 2 atom stereocenters. The Balaban J connectivity index is 2.20. The number of rotatable bonds is 3. The topological polar surface area (TPSA) is 42.1 Å². The predicted octanol–water partition coefficient (Wildman–Crippen LogP) is 2.20. The molecule has 94 valence electrons. The van der Waals surface area contributed by atoms with Gasteiger partial charge in [-0.05, 0) is 37.4 Å². The van der Waals surface area contributed by atoms with E-state index in [-0.39, 0.29) is 12.1 Å². The van der Waals surface area contributed by atoms with E-state index in [1.165, 1.54) is 6.42 Å². The van der Waals surface area contributed by atoms with E-state index in [9.17, 15) is 0 Å². The van der Waals surface area contributed by atoms with Gasteiger partial charge >= 0.3 is 0 Å². The summed E-state index contributed by atoms with van der Waals surface area (Å²) in [4.78, 5) is 6.95. The minimum atomic E-state index is 0.110. The summed E-state index contributed by atoms with van der Waals surface area (Å²) in [6.45, 7) is 8.95. The molecule has 1 saturated heterocycles. The zero-order chi connectivity index (χ0) is 12.5. The van der Waals surface area contributed by atoms with Crippen LogP contribution in [0.4, 0.5) is 0 Å². The highest BCUT2D eigenvalue weighted by atomic mass is 15.2. The summed E-state index contributed by atoms with van der Waals surface area (Å²) in [5.74, 6) is 0. The van der Waals surface area contributed by atoms with Gasteiger partial charge in [0, 0.05) is 18.8 Å². The number of nitrogens with zero attached hydrogens (tertiary/aromatic N) is 2. The molecule has 0 saturated carbocycles. The average Bonchev–Trinajstić information content (AvgIpc) is 2.60. The molecular weight excluding hydrogens is 210 g/mol. The zero-order valence-corrected chi connectivity index (χ0v) is 11.1. The van der Waals surface area contributed by atoms with E-state index in [1.54, 1.807) is 0 Å². The lowest BCUT2D eigenvalue weighted by Gasteiger charge is -2.31. The van der Waals surface area contributed by atoms with Crippen LogP contribution in [-0.2, 0) is 0 Å². The van der Waals surface area contributed by atoms with Crippen molar-refractivity contribution in [3.05, 3.63) is 30.1 Å². The van der Waals surface area contributed by atoms with Gasteiger partial charge < -0.3 is 5.73 Å². The minimum absolute atomic E-state index is 0.110. The van der Waals surface area contributed by atoms with Gasteiger partial charge in [0.05, 0.1) is 11.7 Å². The summed E-state index contributed by atoms with van der Waals surface area (Å²) in [6.07, 6.45) is 3.09. The maximum atomic E-state index is 6.16. The van der Waals surface area contributed by atoms with Gasteiger partial charge in [-0.3, -0.25) is 9.88 Å². The van der Waals surface area contributed by atoms with E-state index in [2.05, 4.69) is 36.7 Å². The van der Waals surface area contributed by atoms with E-state index >= 15 is 0 Å². The molecule has 1 fully saturated rings. The van der Waals surface area contributed by atoms with Gasteiger partial charge in [0.1, 0.15) is 0 Å². The molecule has 0 bridgehead atoms. The number of nitrogens with two attached hydrogens (primary N) is 1. The van der Waals surface area contributed by atoms with Crippen LogP contribution >= 0.6 is 0 Å². The summed E-state index contributed by atoms with van der Waals surface area (Å²) < 4.78 is 0. The third kappa shape index (κ3) is 2.85. The van der Waals surface area contributed by atoms with Crippen LogP contribution in [0.5, 0.6) is 0 Å². The molecule has 1 aromatic rings. The number of pyridine rings is 1. The van der Waals surface area contributed by atoms with Gasteiger partial charge in [0.25, 0.3) is 0 Å². The Bertz CT molecular complexity index is 359. The van der Waals surface area contributed by atoms with Crippen LogP contribution < -0.4 is 5.73 Å². The van der Waals surface area contributed by atoms with Crippen LogP contribution in [0.15, 0.2) is 24.4 Å². The van der Waals surface area contributed by atoms with Crippen LogP contribution in [0.3, 0.4) is 0 Å². The third-order valence-electron chi connectivity index (χ3n) is 3.59. The molecule has 3 nitrogen and oxygen atoms in total. The molecule has 0 amide bonds. The lowest BCUT2D eigenvalue weighted by molar-refractivity contribution is 0.193. The van der Waals surface area contributed by atoms with Crippen LogP contribution in [0.25, 0.3) is 0 Å². The summed E-state index contributed by atoms with van der Waals surface area (Å²) in [7, 11) is 0. The standard InChI is InChI=1S/C14H23N3/c1-11(15)13(12-6-4-5-8-16-12)17-9-7-14(2,3)10-17/h4-6,8,11,13H,7,9-10,15H2,1-3H3. The van der Waals surface area contributed by atoms with Crippen molar-refractivity contribution in [1.82, 2.24) is 9.88 Å². The highest BCUT2D eigenvalue weighted by Gasteiger charge is 2.35. The number of likely N-dealkylation sites (tertiary alicyclic amines) is 1. The Morgan fingerprint density at radius 3 is 2.65 bits per heavy atom. The quantitative estimate of drug-likeness (QED) is 0.870. The Kier molecular flexibility index (Phi) is 3.50. The second kappa shape index (κ2) is 4.75. The van der Waals surface area contributed by atoms with Crippen molar-refractivity contribution in [2.24, 2.45) is 11.1 Å². The maximum absolute atomic E-state index is 6.16. The van der Waals surface area contributed by atoms with Gasteiger partial charge in [-0.1, -0.05) is 19.9 Å².